The van der Waals surface area contributed by atoms with E-state index in [0.29, 0.717) is 4.90 Å². The van der Waals surface area contributed by atoms with Crippen LogP contribution < -0.4 is 0 Å². The lowest BCUT2D eigenvalue weighted by Crippen LogP contribution is -2.62. The van der Waals surface area contributed by atoms with Crippen LogP contribution in [0.4, 0.5) is 0 Å². The van der Waals surface area contributed by atoms with Gasteiger partial charge < -0.3 is 25.5 Å². The fraction of sp³-hybridized carbons (Fsp3) is 1.00. The third-order valence-corrected chi connectivity index (χ3v) is 2.30. The van der Waals surface area contributed by atoms with E-state index in [1.54, 1.807) is 0 Å². The second-order valence-electron chi connectivity index (χ2n) is 3.17. The molecule has 4 atom stereocenters. The second kappa shape index (κ2) is 5.01. The van der Waals surface area contributed by atoms with Crippen molar-refractivity contribution in [2.75, 3.05) is 26.2 Å². The molecule has 0 saturated carbocycles. The molecule has 0 aromatic heterocycles. The molecule has 0 aliphatic carbocycles. The number of aliphatic hydroxyl groups is 5. The maximum absolute atomic E-state index is 9.62. The molecule has 6 heteroatoms. The minimum absolute atomic E-state index is 0.531. The molecule has 0 aromatic rings. The zero-order valence-electron chi connectivity index (χ0n) is 11.4. The van der Waals surface area contributed by atoms with Crippen LogP contribution in [-0.2, 0) is 0 Å². The van der Waals surface area contributed by atoms with Crippen molar-refractivity contribution in [3.05, 3.63) is 0 Å². The second-order valence-corrected chi connectivity index (χ2v) is 3.17. The van der Waals surface area contributed by atoms with Crippen LogP contribution in [0.1, 0.15) is 5.48 Å². The van der Waals surface area contributed by atoms with Crippen molar-refractivity contribution in [2.24, 2.45) is 0 Å². The number of hydrogen-bond donors (Lipinski definition) is 5. The van der Waals surface area contributed by atoms with E-state index < -0.39 is 50.6 Å². The van der Waals surface area contributed by atoms with E-state index >= 15 is 0 Å². The van der Waals surface area contributed by atoms with Gasteiger partial charge >= 0.3 is 0 Å². The summed E-state index contributed by atoms with van der Waals surface area (Å²) in [5, 5.41) is 46.8. The van der Waals surface area contributed by atoms with Crippen molar-refractivity contribution in [1.82, 2.24) is 4.90 Å². The van der Waals surface area contributed by atoms with Crippen LogP contribution in [-0.4, -0.2) is 81.0 Å². The fourth-order valence-corrected chi connectivity index (χ4v) is 1.48. The van der Waals surface area contributed by atoms with E-state index in [4.69, 9.17) is 15.7 Å². The van der Waals surface area contributed by atoms with Gasteiger partial charge in [0.1, 0.15) is 12.2 Å². The van der Waals surface area contributed by atoms with Crippen molar-refractivity contribution < 1.29 is 31.0 Å². The van der Waals surface area contributed by atoms with E-state index in [9.17, 15) is 15.3 Å². The van der Waals surface area contributed by atoms with Crippen LogP contribution in [0, 0.1) is 0 Å². The molecule has 84 valence electrons. The molecule has 6 nitrogen and oxygen atoms in total. The van der Waals surface area contributed by atoms with Crippen molar-refractivity contribution in [3.63, 3.8) is 0 Å². The molecule has 5 N–H and O–H groups in total. The Labute approximate surface area is 87.6 Å². The van der Waals surface area contributed by atoms with Gasteiger partial charge in [0.25, 0.3) is 0 Å². The highest BCUT2D eigenvalue weighted by atomic mass is 16.4. The minimum Gasteiger partial charge on any atom is -0.395 e. The lowest BCUT2D eigenvalue weighted by Gasteiger charge is -2.42. The summed E-state index contributed by atoms with van der Waals surface area (Å²) in [7, 11) is 0. The monoisotopic (exact) mass is 211 g/mol. The summed E-state index contributed by atoms with van der Waals surface area (Å²) < 4.78 is 29.0. The summed E-state index contributed by atoms with van der Waals surface area (Å²) in [6, 6.07) is -1.33. The number of hydrogen-bond acceptors (Lipinski definition) is 6. The third kappa shape index (κ3) is 2.22. The third-order valence-electron chi connectivity index (χ3n) is 2.30. The first kappa shape index (κ1) is 7.10. The van der Waals surface area contributed by atoms with Crippen molar-refractivity contribution >= 4 is 0 Å². The molecule has 1 heterocycles. The molecule has 1 aliphatic rings. The summed E-state index contributed by atoms with van der Waals surface area (Å²) in [4.78, 5) is 0.606. The van der Waals surface area contributed by atoms with E-state index in [1.807, 2.05) is 0 Å². The number of piperidine rings is 1. The Morgan fingerprint density at radius 2 is 1.86 bits per heavy atom. The first-order valence-corrected chi connectivity index (χ1v) is 4.18. The molecule has 0 radical (unpaired) electrons. The Kier molecular flexibility index (Phi) is 2.54. The van der Waals surface area contributed by atoms with E-state index in [-0.39, 0.29) is 0 Å². The SMILES string of the molecule is [2H]C([2H])(O)C([2H])([2H])N1C[C@@H](O)[C@@H](O)[C@H](O)C1CO. The van der Waals surface area contributed by atoms with Gasteiger partial charge in [0.05, 0.1) is 28.1 Å². The van der Waals surface area contributed by atoms with Gasteiger partial charge in [-0.2, -0.15) is 0 Å². The highest BCUT2D eigenvalue weighted by molar-refractivity contribution is 4.93. The van der Waals surface area contributed by atoms with Gasteiger partial charge in [0.2, 0.25) is 0 Å². The standard InChI is InChI=1S/C8H17NO5/c10-2-1-9-3-6(12)8(14)7(13)5(9)4-11/h5-8,10-14H,1-4H2/t5?,6-,7-,8-/m1/s1/i1D2,2D2. The predicted molar refractivity (Wildman–Crippen MR) is 47.6 cm³/mol. The fourth-order valence-electron chi connectivity index (χ4n) is 1.48. The lowest BCUT2D eigenvalue weighted by atomic mass is 9.94. The Morgan fingerprint density at radius 3 is 2.36 bits per heavy atom. The van der Waals surface area contributed by atoms with Gasteiger partial charge in [-0.05, 0) is 0 Å². The quantitative estimate of drug-likeness (QED) is 0.336. The molecule has 1 saturated heterocycles. The number of aliphatic hydroxyl groups excluding tert-OH is 4. The van der Waals surface area contributed by atoms with Crippen LogP contribution in [0.3, 0.4) is 0 Å². The van der Waals surface area contributed by atoms with Crippen molar-refractivity contribution in [3.8, 4) is 0 Å². The van der Waals surface area contributed by atoms with Gasteiger partial charge in [-0.15, -0.1) is 0 Å². The average Bonchev–Trinajstić information content (AvgIpc) is 2.23. The summed E-state index contributed by atoms with van der Waals surface area (Å²) in [6.45, 7) is -7.50. The van der Waals surface area contributed by atoms with Gasteiger partial charge in [0, 0.05) is 15.8 Å². The van der Waals surface area contributed by atoms with Gasteiger partial charge in [-0.1, -0.05) is 0 Å². The van der Waals surface area contributed by atoms with Crippen LogP contribution in [0.5, 0.6) is 0 Å². The Hall–Kier alpha value is -0.240. The van der Waals surface area contributed by atoms with Crippen LogP contribution in [0.25, 0.3) is 0 Å². The van der Waals surface area contributed by atoms with Gasteiger partial charge in [-0.25, -0.2) is 0 Å². The summed E-state index contributed by atoms with van der Waals surface area (Å²) in [5.74, 6) is 0. The normalized spacial score (nSPS) is 46.4. The van der Waals surface area contributed by atoms with E-state index in [0.717, 1.165) is 0 Å². The first-order chi connectivity index (χ1) is 8.04. The summed E-state index contributed by atoms with van der Waals surface area (Å²) >= 11 is 0. The van der Waals surface area contributed by atoms with Crippen molar-refractivity contribution in [2.45, 2.75) is 24.4 Å². The molecule has 0 aromatic carbocycles. The Bertz CT molecular complexity index is 300. The Balaban J connectivity index is 3.06. The van der Waals surface area contributed by atoms with E-state index in [1.165, 1.54) is 0 Å². The first-order valence-electron chi connectivity index (χ1n) is 6.18. The zero-order valence-corrected chi connectivity index (χ0v) is 7.41. The largest absolute Gasteiger partial charge is 0.395 e. The number of nitrogens with zero attached hydrogens (tertiary/aromatic N) is 1. The predicted octanol–water partition coefficient (Wildman–Crippen LogP) is -3.26. The van der Waals surface area contributed by atoms with Crippen LogP contribution in [0.2, 0.25) is 0 Å². The highest BCUT2D eigenvalue weighted by Crippen LogP contribution is 2.18. The van der Waals surface area contributed by atoms with Crippen molar-refractivity contribution in [1.29, 1.82) is 0 Å². The molecule has 1 fully saturated rings. The maximum Gasteiger partial charge on any atom is 0.109 e. The highest BCUT2D eigenvalue weighted by Gasteiger charge is 2.40. The molecule has 1 unspecified atom stereocenters. The lowest BCUT2D eigenvalue weighted by molar-refractivity contribution is -0.146. The van der Waals surface area contributed by atoms with Crippen LogP contribution >= 0.6 is 0 Å². The van der Waals surface area contributed by atoms with Gasteiger partial charge in [0.15, 0.2) is 0 Å². The molecular formula is C8H17NO5. The summed E-state index contributed by atoms with van der Waals surface area (Å²) in [5.41, 5.74) is 0. The molecule has 1 aliphatic heterocycles. The smallest absolute Gasteiger partial charge is 0.109 e. The molecule has 14 heavy (non-hydrogen) atoms. The molecule has 0 bridgehead atoms. The summed E-state index contributed by atoms with van der Waals surface area (Å²) in [6.07, 6.45) is -4.74. The maximum atomic E-state index is 9.62. The van der Waals surface area contributed by atoms with E-state index in [2.05, 4.69) is 0 Å². The molecule has 0 amide bonds. The zero-order chi connectivity index (χ0) is 14.3. The molecule has 1 rings (SSSR count). The molecule has 0 spiro atoms. The van der Waals surface area contributed by atoms with Crippen LogP contribution in [0.15, 0.2) is 0 Å². The topological polar surface area (TPSA) is 104 Å². The molecular weight excluding hydrogens is 190 g/mol. The Morgan fingerprint density at radius 1 is 1.21 bits per heavy atom. The minimum atomic E-state index is -3.26. The number of rotatable bonds is 3. The number of likely N-dealkylation sites (tertiary alicyclic amines) is 1. The number of β-amino-alcohol motifs (C(OH)–C–C–N with tert-alkyl or cyclic N) is 2. The average molecular weight is 211 g/mol. The van der Waals surface area contributed by atoms with Gasteiger partial charge in [-0.3, -0.25) is 4.90 Å².